The van der Waals surface area contributed by atoms with Gasteiger partial charge in [0, 0.05) is 5.69 Å². The van der Waals surface area contributed by atoms with Gasteiger partial charge in [-0.1, -0.05) is 0 Å². The summed E-state index contributed by atoms with van der Waals surface area (Å²) in [7, 11) is 0. The lowest BCUT2D eigenvalue weighted by molar-refractivity contribution is -0.137. The number of benzene rings is 1. The van der Waals surface area contributed by atoms with Crippen molar-refractivity contribution in [2.75, 3.05) is 5.32 Å². The lowest BCUT2D eigenvalue weighted by Crippen LogP contribution is -2.32. The molecule has 0 fully saturated rings. The molecule has 0 aliphatic heterocycles. The van der Waals surface area contributed by atoms with Gasteiger partial charge >= 0.3 is 6.18 Å². The molecule has 132 valence electrons. The van der Waals surface area contributed by atoms with Gasteiger partial charge in [-0.15, -0.1) is 0 Å². The predicted octanol–water partition coefficient (Wildman–Crippen LogP) is 2.22. The second-order valence-electron chi connectivity index (χ2n) is 5.21. The van der Waals surface area contributed by atoms with E-state index in [0.717, 1.165) is 23.1 Å². The molecule has 0 unspecified atom stereocenters. The second kappa shape index (κ2) is 6.90. The Bertz CT molecular complexity index is 839. The van der Waals surface area contributed by atoms with E-state index in [4.69, 9.17) is 5.26 Å². The van der Waals surface area contributed by atoms with Crippen LogP contribution in [0.5, 0.6) is 0 Å². The number of carbonyl (C=O) groups excluding carboxylic acids is 1. The molecule has 2 rings (SSSR count). The summed E-state index contributed by atoms with van der Waals surface area (Å²) in [5.74, 6) is -1.65. The fourth-order valence-electron chi connectivity index (χ4n) is 2.08. The zero-order valence-corrected chi connectivity index (χ0v) is 12.8. The van der Waals surface area contributed by atoms with E-state index < -0.39 is 35.1 Å². The van der Waals surface area contributed by atoms with E-state index in [-0.39, 0.29) is 17.8 Å². The summed E-state index contributed by atoms with van der Waals surface area (Å²) in [4.78, 5) is 11.9. The molecule has 1 amide bonds. The first kappa shape index (κ1) is 18.4. The Hall–Kier alpha value is -2.93. The molecule has 0 aliphatic carbocycles. The number of rotatable bonds is 4. The van der Waals surface area contributed by atoms with Gasteiger partial charge in [0.15, 0.2) is 11.9 Å². The summed E-state index contributed by atoms with van der Waals surface area (Å²) in [5, 5.41) is 24.3. The van der Waals surface area contributed by atoms with Crippen molar-refractivity contribution in [1.82, 2.24) is 9.78 Å². The van der Waals surface area contributed by atoms with Crippen molar-refractivity contribution in [3.05, 3.63) is 47.0 Å². The maximum absolute atomic E-state index is 13.0. The van der Waals surface area contributed by atoms with Crippen LogP contribution >= 0.6 is 0 Å². The van der Waals surface area contributed by atoms with E-state index in [1.165, 1.54) is 13.0 Å². The van der Waals surface area contributed by atoms with Crippen LogP contribution in [0.4, 0.5) is 23.2 Å². The van der Waals surface area contributed by atoms with Crippen LogP contribution in [0.1, 0.15) is 16.7 Å². The first-order valence-electron chi connectivity index (χ1n) is 6.90. The Labute approximate surface area is 139 Å². The maximum atomic E-state index is 13.0. The predicted molar refractivity (Wildman–Crippen MR) is 77.7 cm³/mol. The fourth-order valence-corrected chi connectivity index (χ4v) is 2.08. The molecule has 1 atom stereocenters. The number of hydrogen-bond donors (Lipinski definition) is 2. The van der Waals surface area contributed by atoms with Crippen molar-refractivity contribution in [2.24, 2.45) is 0 Å². The molecule has 0 spiro atoms. The molecule has 25 heavy (non-hydrogen) atoms. The zero-order chi connectivity index (χ0) is 18.8. The summed E-state index contributed by atoms with van der Waals surface area (Å²) in [6.45, 7) is 1.03. The Balaban J connectivity index is 2.21. The van der Waals surface area contributed by atoms with Crippen molar-refractivity contribution < 1.29 is 27.5 Å². The third-order valence-corrected chi connectivity index (χ3v) is 3.31. The highest BCUT2D eigenvalue weighted by atomic mass is 19.4. The number of aromatic nitrogens is 2. The maximum Gasteiger partial charge on any atom is 0.417 e. The van der Waals surface area contributed by atoms with Gasteiger partial charge in [-0.2, -0.15) is 23.5 Å². The third-order valence-electron chi connectivity index (χ3n) is 3.31. The summed E-state index contributed by atoms with van der Waals surface area (Å²) in [6, 6.07) is 3.08. The van der Waals surface area contributed by atoms with E-state index in [1.807, 2.05) is 0 Å². The van der Waals surface area contributed by atoms with Crippen molar-refractivity contribution in [2.45, 2.75) is 25.7 Å². The average Bonchev–Trinajstić information content (AvgIpc) is 2.92. The van der Waals surface area contributed by atoms with E-state index in [9.17, 15) is 27.5 Å². The van der Waals surface area contributed by atoms with E-state index in [0.29, 0.717) is 6.07 Å². The van der Waals surface area contributed by atoms with Crippen molar-refractivity contribution >= 4 is 11.6 Å². The first-order chi connectivity index (χ1) is 11.6. The molecular weight excluding hydrogens is 344 g/mol. The second-order valence-corrected chi connectivity index (χ2v) is 5.21. The summed E-state index contributed by atoms with van der Waals surface area (Å²) in [5.41, 5.74) is -1.74. The summed E-state index contributed by atoms with van der Waals surface area (Å²) < 4.78 is 52.7. The van der Waals surface area contributed by atoms with Crippen molar-refractivity contribution in [1.29, 1.82) is 5.26 Å². The van der Waals surface area contributed by atoms with Crippen LogP contribution in [0, 0.1) is 24.1 Å². The number of aliphatic hydroxyl groups excluding tert-OH is 1. The van der Waals surface area contributed by atoms with Crippen LogP contribution < -0.4 is 5.32 Å². The Morgan fingerprint density at radius 2 is 2.16 bits per heavy atom. The molecule has 2 N–H and O–H groups in total. The Morgan fingerprint density at radius 1 is 1.48 bits per heavy atom. The number of nitriles is 1. The lowest BCUT2D eigenvalue weighted by atomic mass is 10.0. The van der Waals surface area contributed by atoms with Gasteiger partial charge in [-0.3, -0.25) is 9.48 Å². The van der Waals surface area contributed by atoms with Crippen LogP contribution in [-0.4, -0.2) is 26.9 Å². The molecule has 2 aromatic rings. The minimum Gasteiger partial charge on any atom is -0.381 e. The number of aryl methyl sites for hydroxylation is 1. The number of aliphatic hydroxyl groups is 1. The van der Waals surface area contributed by atoms with Crippen molar-refractivity contribution in [3.8, 4) is 6.07 Å². The Morgan fingerprint density at radius 3 is 2.68 bits per heavy atom. The van der Waals surface area contributed by atoms with Crippen LogP contribution in [0.25, 0.3) is 0 Å². The topological polar surface area (TPSA) is 90.9 Å². The van der Waals surface area contributed by atoms with Gasteiger partial charge in [0.05, 0.1) is 36.1 Å². The standard InChI is InChI=1S/C15H12F4N4O2/c1-8-2-9(4-20)11(15(17,18)19)3-12(8)22-14(25)13(24)7-23-6-10(16)5-21-23/h2-3,5-6,13,24H,7H2,1H3,(H,22,25)/t13-/m0/s1. The smallest absolute Gasteiger partial charge is 0.381 e. The molecule has 1 aromatic heterocycles. The minimum atomic E-state index is -4.77. The number of halogens is 4. The van der Waals surface area contributed by atoms with Crippen LogP contribution in [0.3, 0.4) is 0 Å². The summed E-state index contributed by atoms with van der Waals surface area (Å²) in [6.07, 6.45) is -4.61. The zero-order valence-electron chi connectivity index (χ0n) is 12.8. The number of alkyl halides is 3. The van der Waals surface area contributed by atoms with Crippen LogP contribution in [-0.2, 0) is 17.5 Å². The molecule has 0 saturated carbocycles. The molecule has 6 nitrogen and oxygen atoms in total. The normalized spacial score (nSPS) is 12.5. The van der Waals surface area contributed by atoms with Gasteiger partial charge in [0.1, 0.15) is 0 Å². The number of anilines is 1. The highest BCUT2D eigenvalue weighted by Gasteiger charge is 2.34. The Kier molecular flexibility index (Phi) is 5.08. The molecule has 0 bridgehead atoms. The monoisotopic (exact) mass is 356 g/mol. The quantitative estimate of drug-likeness (QED) is 0.822. The average molecular weight is 356 g/mol. The third kappa shape index (κ3) is 4.33. The van der Waals surface area contributed by atoms with E-state index in [1.54, 1.807) is 0 Å². The largest absolute Gasteiger partial charge is 0.417 e. The molecule has 0 radical (unpaired) electrons. The number of carbonyl (C=O) groups is 1. The lowest BCUT2D eigenvalue weighted by Gasteiger charge is -2.16. The van der Waals surface area contributed by atoms with Gasteiger partial charge in [0.2, 0.25) is 0 Å². The SMILES string of the molecule is Cc1cc(C#N)c(C(F)(F)F)cc1NC(=O)[C@@H](O)Cn1cc(F)cn1. The molecule has 0 saturated heterocycles. The van der Waals surface area contributed by atoms with E-state index >= 15 is 0 Å². The molecular formula is C15H12F4N4O2. The highest BCUT2D eigenvalue weighted by molar-refractivity contribution is 5.94. The number of nitrogens with zero attached hydrogens (tertiary/aromatic N) is 3. The number of amides is 1. The number of nitrogens with one attached hydrogen (secondary N) is 1. The fraction of sp³-hybridized carbons (Fsp3) is 0.267. The van der Waals surface area contributed by atoms with Gasteiger partial charge in [-0.05, 0) is 24.6 Å². The highest BCUT2D eigenvalue weighted by Crippen LogP contribution is 2.35. The van der Waals surface area contributed by atoms with Crippen molar-refractivity contribution in [3.63, 3.8) is 0 Å². The van der Waals surface area contributed by atoms with Gasteiger partial charge < -0.3 is 10.4 Å². The molecule has 1 heterocycles. The van der Waals surface area contributed by atoms with Crippen LogP contribution in [0.15, 0.2) is 24.5 Å². The minimum absolute atomic E-state index is 0.193. The number of hydrogen-bond acceptors (Lipinski definition) is 4. The summed E-state index contributed by atoms with van der Waals surface area (Å²) >= 11 is 0. The first-order valence-corrected chi connectivity index (χ1v) is 6.90. The van der Waals surface area contributed by atoms with Gasteiger partial charge in [0.25, 0.3) is 5.91 Å². The van der Waals surface area contributed by atoms with E-state index in [2.05, 4.69) is 10.4 Å². The van der Waals surface area contributed by atoms with Gasteiger partial charge in [-0.25, -0.2) is 4.39 Å². The molecule has 0 aliphatic rings. The molecule has 10 heteroatoms. The van der Waals surface area contributed by atoms with Crippen LogP contribution in [0.2, 0.25) is 0 Å². The molecule has 1 aromatic carbocycles.